The highest BCUT2D eigenvalue weighted by Crippen LogP contribution is 2.39. The summed E-state index contributed by atoms with van der Waals surface area (Å²) in [6, 6.07) is 0. The van der Waals surface area contributed by atoms with Gasteiger partial charge >= 0.3 is 0 Å². The fraction of sp³-hybridized carbons (Fsp3) is 0.692. The van der Waals surface area contributed by atoms with Gasteiger partial charge in [0.25, 0.3) is 0 Å². The van der Waals surface area contributed by atoms with Crippen LogP contribution in [0, 0.1) is 12.3 Å². The molecule has 3 nitrogen and oxygen atoms in total. The smallest absolute Gasteiger partial charge is 0.137 e. The van der Waals surface area contributed by atoms with Crippen LogP contribution in [0.25, 0.3) is 0 Å². The van der Waals surface area contributed by atoms with Gasteiger partial charge in [0.05, 0.1) is 0 Å². The summed E-state index contributed by atoms with van der Waals surface area (Å²) < 4.78 is 0. The van der Waals surface area contributed by atoms with Crippen LogP contribution >= 0.6 is 11.6 Å². The molecular weight excluding hydrogens is 234 g/mol. The summed E-state index contributed by atoms with van der Waals surface area (Å²) in [5, 5.41) is 0.570. The Balaban J connectivity index is 2.23. The van der Waals surface area contributed by atoms with E-state index in [1.165, 1.54) is 19.3 Å². The average Bonchev–Trinajstić information content (AvgIpc) is 2.78. The Morgan fingerprint density at radius 3 is 2.65 bits per heavy atom. The minimum Gasteiger partial charge on any atom is -0.356 e. The molecule has 0 saturated carbocycles. The van der Waals surface area contributed by atoms with E-state index < -0.39 is 0 Å². The molecule has 0 aromatic carbocycles. The summed E-state index contributed by atoms with van der Waals surface area (Å²) >= 11 is 6.05. The third kappa shape index (κ3) is 2.25. The third-order valence-electron chi connectivity index (χ3n) is 4.23. The molecule has 0 N–H and O–H groups in total. The van der Waals surface area contributed by atoms with E-state index in [1.54, 1.807) is 6.33 Å². The lowest BCUT2D eigenvalue weighted by atomic mass is 9.82. The molecule has 4 heteroatoms. The van der Waals surface area contributed by atoms with Crippen molar-refractivity contribution in [3.05, 3.63) is 17.0 Å². The molecule has 2 rings (SSSR count). The van der Waals surface area contributed by atoms with Crippen molar-refractivity contribution in [1.29, 1.82) is 0 Å². The average molecular weight is 254 g/mol. The fourth-order valence-electron chi connectivity index (χ4n) is 2.68. The van der Waals surface area contributed by atoms with Crippen LogP contribution in [-0.2, 0) is 0 Å². The predicted molar refractivity (Wildman–Crippen MR) is 71.6 cm³/mol. The number of anilines is 1. The van der Waals surface area contributed by atoms with Crippen LogP contribution in [-0.4, -0.2) is 23.1 Å². The van der Waals surface area contributed by atoms with Crippen LogP contribution in [0.4, 0.5) is 5.82 Å². The summed E-state index contributed by atoms with van der Waals surface area (Å²) in [7, 11) is 0. The van der Waals surface area contributed by atoms with E-state index >= 15 is 0 Å². The van der Waals surface area contributed by atoms with Gasteiger partial charge in [-0.2, -0.15) is 0 Å². The van der Waals surface area contributed by atoms with Gasteiger partial charge in [0.15, 0.2) is 0 Å². The third-order valence-corrected chi connectivity index (χ3v) is 4.61. The van der Waals surface area contributed by atoms with Crippen LogP contribution in [0.2, 0.25) is 5.15 Å². The first-order chi connectivity index (χ1) is 8.12. The maximum Gasteiger partial charge on any atom is 0.137 e. The maximum atomic E-state index is 6.05. The molecule has 1 aliphatic rings. The molecule has 0 bridgehead atoms. The van der Waals surface area contributed by atoms with Gasteiger partial charge in [0, 0.05) is 18.7 Å². The normalized spacial score (nSPS) is 18.7. The van der Waals surface area contributed by atoms with Gasteiger partial charge in [-0.05, 0) is 31.6 Å². The van der Waals surface area contributed by atoms with E-state index in [1.807, 2.05) is 6.92 Å². The molecule has 0 spiro atoms. The summed E-state index contributed by atoms with van der Waals surface area (Å²) in [6.45, 7) is 8.74. The molecule has 1 saturated heterocycles. The number of rotatable bonds is 3. The second-order valence-electron chi connectivity index (χ2n) is 4.99. The van der Waals surface area contributed by atoms with Crippen LogP contribution in [0.1, 0.15) is 38.7 Å². The Kier molecular flexibility index (Phi) is 3.57. The SMILES string of the molecule is CCC1(CC)CCN(c2ncnc(Cl)c2C)C1. The van der Waals surface area contributed by atoms with E-state index in [-0.39, 0.29) is 0 Å². The minimum atomic E-state index is 0.462. The highest BCUT2D eigenvalue weighted by Gasteiger charge is 2.36. The van der Waals surface area contributed by atoms with Crippen molar-refractivity contribution in [3.8, 4) is 0 Å². The first-order valence-electron chi connectivity index (χ1n) is 6.34. The Morgan fingerprint density at radius 2 is 2.06 bits per heavy atom. The van der Waals surface area contributed by atoms with Gasteiger partial charge in [-0.3, -0.25) is 0 Å². The second kappa shape index (κ2) is 4.81. The van der Waals surface area contributed by atoms with Crippen LogP contribution in [0.3, 0.4) is 0 Å². The highest BCUT2D eigenvalue weighted by atomic mass is 35.5. The summed E-state index contributed by atoms with van der Waals surface area (Å²) in [5.41, 5.74) is 1.46. The molecule has 1 aromatic rings. The topological polar surface area (TPSA) is 29.0 Å². The van der Waals surface area contributed by atoms with Gasteiger partial charge < -0.3 is 4.90 Å². The van der Waals surface area contributed by atoms with Crippen LogP contribution < -0.4 is 4.90 Å². The van der Waals surface area contributed by atoms with Crippen LogP contribution in [0.5, 0.6) is 0 Å². The maximum absolute atomic E-state index is 6.05. The minimum absolute atomic E-state index is 0.462. The second-order valence-corrected chi connectivity index (χ2v) is 5.35. The molecule has 0 atom stereocenters. The lowest BCUT2D eigenvalue weighted by Crippen LogP contribution is -2.27. The molecule has 0 amide bonds. The predicted octanol–water partition coefficient (Wildman–Crippen LogP) is 3.45. The molecule has 94 valence electrons. The standard InChI is InChI=1S/C13H20ClN3/c1-4-13(5-2)6-7-17(8-13)12-10(3)11(14)15-9-16-12/h9H,4-8H2,1-3H3. The Labute approximate surface area is 108 Å². The van der Waals surface area contributed by atoms with Crippen molar-refractivity contribution in [2.75, 3.05) is 18.0 Å². The Hall–Kier alpha value is -0.830. The molecule has 0 aliphatic carbocycles. The van der Waals surface area contributed by atoms with Crippen molar-refractivity contribution >= 4 is 17.4 Å². The van der Waals surface area contributed by atoms with E-state index in [9.17, 15) is 0 Å². The zero-order valence-electron chi connectivity index (χ0n) is 10.8. The number of aromatic nitrogens is 2. The van der Waals surface area contributed by atoms with Crippen molar-refractivity contribution in [3.63, 3.8) is 0 Å². The number of hydrogen-bond acceptors (Lipinski definition) is 3. The van der Waals surface area contributed by atoms with Gasteiger partial charge in [-0.1, -0.05) is 25.4 Å². The van der Waals surface area contributed by atoms with E-state index in [2.05, 4.69) is 28.7 Å². The molecule has 0 unspecified atom stereocenters. The van der Waals surface area contributed by atoms with Gasteiger partial charge in [0.2, 0.25) is 0 Å². The van der Waals surface area contributed by atoms with Crippen molar-refractivity contribution < 1.29 is 0 Å². The van der Waals surface area contributed by atoms with Crippen molar-refractivity contribution in [1.82, 2.24) is 9.97 Å². The lowest BCUT2D eigenvalue weighted by Gasteiger charge is -2.27. The Morgan fingerprint density at radius 1 is 1.35 bits per heavy atom. The summed E-state index contributed by atoms with van der Waals surface area (Å²) in [5.74, 6) is 1.01. The molecular formula is C13H20ClN3. The lowest BCUT2D eigenvalue weighted by molar-refractivity contribution is 0.301. The number of halogens is 1. The largest absolute Gasteiger partial charge is 0.356 e. The van der Waals surface area contributed by atoms with Gasteiger partial charge in [0.1, 0.15) is 17.3 Å². The molecule has 1 aliphatic heterocycles. The van der Waals surface area contributed by atoms with E-state index in [4.69, 9.17) is 11.6 Å². The molecule has 17 heavy (non-hydrogen) atoms. The van der Waals surface area contributed by atoms with Gasteiger partial charge in [-0.25, -0.2) is 9.97 Å². The van der Waals surface area contributed by atoms with E-state index in [0.717, 1.165) is 24.5 Å². The number of hydrogen-bond donors (Lipinski definition) is 0. The number of nitrogens with zero attached hydrogens (tertiary/aromatic N) is 3. The van der Waals surface area contributed by atoms with Crippen molar-refractivity contribution in [2.45, 2.75) is 40.0 Å². The Bertz CT molecular complexity index is 402. The summed E-state index contributed by atoms with van der Waals surface area (Å²) in [6.07, 6.45) is 5.28. The highest BCUT2D eigenvalue weighted by molar-refractivity contribution is 6.30. The fourth-order valence-corrected chi connectivity index (χ4v) is 2.81. The molecule has 2 heterocycles. The molecule has 1 aromatic heterocycles. The molecule has 0 radical (unpaired) electrons. The first-order valence-corrected chi connectivity index (χ1v) is 6.72. The van der Waals surface area contributed by atoms with Gasteiger partial charge in [-0.15, -0.1) is 0 Å². The zero-order valence-corrected chi connectivity index (χ0v) is 11.6. The monoisotopic (exact) mass is 253 g/mol. The van der Waals surface area contributed by atoms with Crippen molar-refractivity contribution in [2.24, 2.45) is 5.41 Å². The molecule has 1 fully saturated rings. The van der Waals surface area contributed by atoms with Crippen LogP contribution in [0.15, 0.2) is 6.33 Å². The quantitative estimate of drug-likeness (QED) is 0.773. The van der Waals surface area contributed by atoms with E-state index in [0.29, 0.717) is 10.6 Å². The first kappa shape index (κ1) is 12.6. The zero-order chi connectivity index (χ0) is 12.5. The summed E-state index contributed by atoms with van der Waals surface area (Å²) in [4.78, 5) is 10.8.